The van der Waals surface area contributed by atoms with Gasteiger partial charge < -0.3 is 18.9 Å². The van der Waals surface area contributed by atoms with Crippen LogP contribution in [0.3, 0.4) is 0 Å². The van der Waals surface area contributed by atoms with E-state index in [0.717, 1.165) is 23.1 Å². The molecule has 0 aliphatic carbocycles. The van der Waals surface area contributed by atoms with Crippen LogP contribution >= 0.6 is 0 Å². The van der Waals surface area contributed by atoms with Crippen molar-refractivity contribution in [3.05, 3.63) is 42.0 Å². The Morgan fingerprint density at radius 1 is 0.964 bits per heavy atom. The van der Waals surface area contributed by atoms with Gasteiger partial charge in [-0.2, -0.15) is 0 Å². The second kappa shape index (κ2) is 8.02. The normalized spacial score (nSPS) is 23.3. The molecule has 4 heteroatoms. The van der Waals surface area contributed by atoms with Crippen LogP contribution in [0.15, 0.2) is 36.4 Å². The molecule has 28 heavy (non-hydrogen) atoms. The van der Waals surface area contributed by atoms with Gasteiger partial charge in [-0.1, -0.05) is 24.3 Å². The van der Waals surface area contributed by atoms with E-state index in [0.29, 0.717) is 6.61 Å². The fourth-order valence-electron chi connectivity index (χ4n) is 3.64. The Balaban J connectivity index is 1.88. The van der Waals surface area contributed by atoms with E-state index >= 15 is 0 Å². The first kappa shape index (κ1) is 21.1. The summed E-state index contributed by atoms with van der Waals surface area (Å²) in [6.07, 6.45) is 0.563. The molecule has 1 fully saturated rings. The zero-order valence-electron chi connectivity index (χ0n) is 18.2. The first-order valence-corrected chi connectivity index (χ1v) is 10.1. The zero-order chi connectivity index (χ0) is 20.5. The van der Waals surface area contributed by atoms with Gasteiger partial charge >= 0.3 is 0 Å². The van der Waals surface area contributed by atoms with Crippen molar-refractivity contribution >= 4 is 10.8 Å². The average Bonchev–Trinajstić information content (AvgIpc) is 2.99. The van der Waals surface area contributed by atoms with Gasteiger partial charge in [0.1, 0.15) is 11.9 Å². The quantitative estimate of drug-likeness (QED) is 0.663. The monoisotopic (exact) mass is 386 g/mol. The van der Waals surface area contributed by atoms with Gasteiger partial charge in [0.05, 0.1) is 37.1 Å². The summed E-state index contributed by atoms with van der Waals surface area (Å²) in [7, 11) is 1.71. The van der Waals surface area contributed by atoms with E-state index in [9.17, 15) is 0 Å². The van der Waals surface area contributed by atoms with E-state index in [1.54, 1.807) is 7.11 Å². The minimum atomic E-state index is -0.240. The molecule has 3 atom stereocenters. The van der Waals surface area contributed by atoms with E-state index in [4.69, 9.17) is 18.9 Å². The summed E-state index contributed by atoms with van der Waals surface area (Å²) in [5.74, 6) is 0.857. The molecule has 154 valence electrons. The number of rotatable bonds is 5. The predicted octanol–water partition coefficient (Wildman–Crippen LogP) is 5.68. The van der Waals surface area contributed by atoms with Gasteiger partial charge in [-0.15, -0.1) is 0 Å². The Morgan fingerprint density at radius 3 is 2.18 bits per heavy atom. The first-order valence-electron chi connectivity index (χ1n) is 10.1. The minimum Gasteiger partial charge on any atom is -0.496 e. The van der Waals surface area contributed by atoms with Crippen molar-refractivity contribution in [2.24, 2.45) is 0 Å². The van der Waals surface area contributed by atoms with Crippen molar-refractivity contribution < 1.29 is 18.9 Å². The van der Waals surface area contributed by atoms with Gasteiger partial charge in [0.15, 0.2) is 0 Å². The topological polar surface area (TPSA) is 36.9 Å². The van der Waals surface area contributed by atoms with E-state index in [1.807, 2.05) is 6.07 Å². The number of benzene rings is 2. The van der Waals surface area contributed by atoms with Crippen LogP contribution in [0, 0.1) is 0 Å². The molecular formula is C24H34O4. The fourth-order valence-corrected chi connectivity index (χ4v) is 3.64. The number of hydrogen-bond acceptors (Lipinski definition) is 4. The molecule has 2 aromatic carbocycles. The second-order valence-corrected chi connectivity index (χ2v) is 9.53. The summed E-state index contributed by atoms with van der Waals surface area (Å²) in [5.41, 5.74) is 0.618. The highest BCUT2D eigenvalue weighted by Gasteiger charge is 2.40. The van der Waals surface area contributed by atoms with Crippen LogP contribution in [0.25, 0.3) is 10.8 Å². The third-order valence-corrected chi connectivity index (χ3v) is 4.83. The largest absolute Gasteiger partial charge is 0.496 e. The third kappa shape index (κ3) is 5.25. The lowest BCUT2D eigenvalue weighted by molar-refractivity contribution is -0.128. The summed E-state index contributed by atoms with van der Waals surface area (Å²) in [6, 6.07) is 12.6. The molecule has 0 spiro atoms. The summed E-state index contributed by atoms with van der Waals surface area (Å²) < 4.78 is 24.5. The number of fused-ring (bicyclic) bond motifs is 1. The molecule has 1 heterocycles. The predicted molar refractivity (Wildman–Crippen MR) is 113 cm³/mol. The van der Waals surface area contributed by atoms with Crippen LogP contribution in [0.1, 0.15) is 59.6 Å². The highest BCUT2D eigenvalue weighted by Crippen LogP contribution is 2.41. The van der Waals surface area contributed by atoms with Gasteiger partial charge in [-0.25, -0.2) is 0 Å². The molecular weight excluding hydrogens is 352 g/mol. The number of hydrogen-bond donors (Lipinski definition) is 0. The van der Waals surface area contributed by atoms with Crippen molar-refractivity contribution in [2.45, 2.75) is 77.5 Å². The van der Waals surface area contributed by atoms with Crippen LogP contribution < -0.4 is 4.74 Å². The molecule has 2 aromatic rings. The van der Waals surface area contributed by atoms with Crippen molar-refractivity contribution in [1.29, 1.82) is 0 Å². The molecule has 1 unspecified atom stereocenters. The van der Waals surface area contributed by atoms with Crippen molar-refractivity contribution in [2.75, 3.05) is 13.7 Å². The zero-order valence-corrected chi connectivity index (χ0v) is 18.2. The van der Waals surface area contributed by atoms with E-state index in [2.05, 4.69) is 71.9 Å². The highest BCUT2D eigenvalue weighted by atomic mass is 16.6. The molecule has 0 saturated carbocycles. The lowest BCUT2D eigenvalue weighted by Crippen LogP contribution is -2.37. The molecule has 0 amide bonds. The van der Waals surface area contributed by atoms with Gasteiger partial charge in [0.2, 0.25) is 0 Å². The van der Waals surface area contributed by atoms with Crippen molar-refractivity contribution in [1.82, 2.24) is 0 Å². The molecule has 0 aromatic heterocycles. The van der Waals surface area contributed by atoms with Crippen LogP contribution in [0.5, 0.6) is 5.75 Å². The molecule has 0 bridgehead atoms. The van der Waals surface area contributed by atoms with Gasteiger partial charge in [-0.05, 0) is 64.4 Å². The van der Waals surface area contributed by atoms with Gasteiger partial charge in [-0.3, -0.25) is 0 Å². The molecule has 1 aliphatic rings. The SMILES string of the molecule is COc1cc2ccccc2cc1[C@@H]1CC(OC(C)(C)C)[C@H](COC(C)(C)C)O1. The van der Waals surface area contributed by atoms with Crippen molar-refractivity contribution in [3.63, 3.8) is 0 Å². The van der Waals surface area contributed by atoms with E-state index in [-0.39, 0.29) is 29.5 Å². The Hall–Kier alpha value is -1.62. The maximum Gasteiger partial charge on any atom is 0.125 e. The smallest absolute Gasteiger partial charge is 0.125 e. The molecule has 0 radical (unpaired) electrons. The summed E-state index contributed by atoms with van der Waals surface area (Å²) in [4.78, 5) is 0. The fraction of sp³-hybridized carbons (Fsp3) is 0.583. The lowest BCUT2D eigenvalue weighted by Gasteiger charge is -2.29. The van der Waals surface area contributed by atoms with Crippen LogP contribution in [0.4, 0.5) is 0 Å². The Morgan fingerprint density at radius 2 is 1.61 bits per heavy atom. The van der Waals surface area contributed by atoms with Crippen LogP contribution in [0.2, 0.25) is 0 Å². The minimum absolute atomic E-state index is 0.0245. The maximum absolute atomic E-state index is 6.46. The summed E-state index contributed by atoms with van der Waals surface area (Å²) >= 11 is 0. The molecule has 3 rings (SSSR count). The number of methoxy groups -OCH3 is 1. The Kier molecular flexibility index (Phi) is 6.04. The Bertz CT molecular complexity index is 800. The van der Waals surface area contributed by atoms with Gasteiger partial charge in [0.25, 0.3) is 0 Å². The van der Waals surface area contributed by atoms with E-state index in [1.165, 1.54) is 5.39 Å². The average molecular weight is 387 g/mol. The highest BCUT2D eigenvalue weighted by molar-refractivity contribution is 5.85. The first-order chi connectivity index (χ1) is 13.1. The van der Waals surface area contributed by atoms with Crippen LogP contribution in [-0.4, -0.2) is 37.1 Å². The van der Waals surface area contributed by atoms with E-state index < -0.39 is 0 Å². The summed E-state index contributed by atoms with van der Waals surface area (Å²) in [5, 5.41) is 2.35. The second-order valence-electron chi connectivity index (χ2n) is 9.53. The van der Waals surface area contributed by atoms with Gasteiger partial charge in [0, 0.05) is 12.0 Å². The van der Waals surface area contributed by atoms with Crippen LogP contribution in [-0.2, 0) is 14.2 Å². The molecule has 0 N–H and O–H groups in total. The Labute approximate surface area is 169 Å². The number of ether oxygens (including phenoxy) is 4. The maximum atomic E-state index is 6.46. The summed E-state index contributed by atoms with van der Waals surface area (Å²) in [6.45, 7) is 12.9. The molecule has 1 aliphatic heterocycles. The standard InChI is InChI=1S/C24H34O4/c1-23(2,3)26-15-22-21(28-24(4,5)6)14-20(27-22)18-12-16-10-8-9-11-17(16)13-19(18)25-7/h8-13,20-22H,14-15H2,1-7H3/t20-,21?,22-/m0/s1. The molecule has 4 nitrogen and oxygen atoms in total. The molecule has 1 saturated heterocycles. The third-order valence-electron chi connectivity index (χ3n) is 4.83. The van der Waals surface area contributed by atoms with Crippen molar-refractivity contribution in [3.8, 4) is 5.75 Å². The lowest BCUT2D eigenvalue weighted by atomic mass is 9.99.